The molecule has 6 rings (SSSR count). The Morgan fingerprint density at radius 1 is 0.848 bits per heavy atom. The molecular weight excluding hydrogens is 412 g/mol. The summed E-state index contributed by atoms with van der Waals surface area (Å²) >= 11 is 0. The van der Waals surface area contributed by atoms with E-state index in [2.05, 4.69) is 15.5 Å². The first-order valence-corrected chi connectivity index (χ1v) is 10.5. The number of hydrazone groups is 1. The molecule has 5 aromatic rings. The van der Waals surface area contributed by atoms with Gasteiger partial charge in [0, 0.05) is 39.9 Å². The molecule has 0 spiro atoms. The maximum absolute atomic E-state index is 13.3. The molecule has 2 aromatic heterocycles. The van der Waals surface area contributed by atoms with Crippen LogP contribution < -0.4 is 5.43 Å². The van der Waals surface area contributed by atoms with Gasteiger partial charge in [0.15, 0.2) is 0 Å². The number of carbonyl (C=O) groups excluding carboxylic acids is 2. The Morgan fingerprint density at radius 3 is 2.42 bits per heavy atom. The second-order valence-corrected chi connectivity index (χ2v) is 7.75. The minimum atomic E-state index is -0.410. The van der Waals surface area contributed by atoms with E-state index in [1.165, 1.54) is 0 Å². The molecule has 6 nitrogen and oxygen atoms in total. The fraction of sp³-hybridized carbons (Fsp3) is 0. The van der Waals surface area contributed by atoms with Crippen LogP contribution in [0, 0.1) is 0 Å². The number of fused-ring (bicyclic) bond motifs is 1. The van der Waals surface area contributed by atoms with Crippen molar-refractivity contribution in [1.82, 2.24) is 15.4 Å². The number of ketones is 1. The zero-order valence-corrected chi connectivity index (χ0v) is 17.3. The number of carbonyl (C=O) groups is 2. The van der Waals surface area contributed by atoms with Crippen molar-refractivity contribution >= 4 is 39.1 Å². The molecule has 0 aliphatic heterocycles. The smallest absolute Gasteiger partial charge is 0.272 e. The summed E-state index contributed by atoms with van der Waals surface area (Å²) in [6, 6.07) is 24.2. The highest BCUT2D eigenvalue weighted by atomic mass is 16.2. The number of rotatable bonds is 3. The Balaban J connectivity index is 1.42. The van der Waals surface area contributed by atoms with E-state index in [0.29, 0.717) is 27.7 Å². The van der Waals surface area contributed by atoms with Gasteiger partial charge in [-0.3, -0.25) is 14.6 Å². The van der Waals surface area contributed by atoms with E-state index in [4.69, 9.17) is 4.98 Å². The van der Waals surface area contributed by atoms with Crippen molar-refractivity contribution in [3.63, 3.8) is 0 Å². The fourth-order valence-electron chi connectivity index (χ4n) is 4.29. The van der Waals surface area contributed by atoms with Crippen molar-refractivity contribution in [2.45, 2.75) is 0 Å². The molecule has 156 valence electrons. The molecule has 1 amide bonds. The van der Waals surface area contributed by atoms with Crippen molar-refractivity contribution in [2.24, 2.45) is 5.10 Å². The molecule has 1 aliphatic rings. The SMILES string of the molecule is O=C(N/N=C1/C(=O)c2cccc3cccc1c23)c1cc(-c2ccncc2)nc2ccccc12. The number of nitrogens with one attached hydrogen (secondary N) is 1. The molecule has 6 heteroatoms. The number of para-hydroxylation sites is 1. The van der Waals surface area contributed by atoms with Crippen molar-refractivity contribution in [2.75, 3.05) is 0 Å². The van der Waals surface area contributed by atoms with Crippen molar-refractivity contribution in [3.8, 4) is 11.3 Å². The number of Topliss-reactive ketones (excluding diaryl/α,β-unsaturated/α-hetero) is 1. The predicted octanol–water partition coefficient (Wildman–Crippen LogP) is 4.78. The molecule has 0 atom stereocenters. The van der Waals surface area contributed by atoms with Gasteiger partial charge in [0.2, 0.25) is 5.78 Å². The summed E-state index contributed by atoms with van der Waals surface area (Å²) in [5, 5.41) is 6.81. The Bertz CT molecular complexity index is 1620. The average molecular weight is 428 g/mol. The Labute approximate surface area is 188 Å². The van der Waals surface area contributed by atoms with Crippen LogP contribution in [-0.2, 0) is 0 Å². The lowest BCUT2D eigenvalue weighted by atomic mass is 10.0. The Morgan fingerprint density at radius 2 is 1.61 bits per heavy atom. The lowest BCUT2D eigenvalue weighted by Crippen LogP contribution is -2.22. The standard InChI is InChI=1S/C27H16N4O2/c32-26-20-9-4-6-17-5-3-8-19(24(17)20)25(26)30-31-27(33)21-15-23(16-11-13-28-14-12-16)29-22-10-2-1-7-18(21)22/h1-15H,(H,31,33)/b30-25+. The molecule has 33 heavy (non-hydrogen) atoms. The van der Waals surface area contributed by atoms with Crippen LogP contribution in [0.15, 0.2) is 96.4 Å². The minimum absolute atomic E-state index is 0.195. The number of nitrogens with zero attached hydrogens (tertiary/aromatic N) is 3. The summed E-state index contributed by atoms with van der Waals surface area (Å²) in [6.45, 7) is 0. The van der Waals surface area contributed by atoms with Crippen LogP contribution in [0.5, 0.6) is 0 Å². The maximum Gasteiger partial charge on any atom is 0.272 e. The molecule has 0 unspecified atom stereocenters. The number of amides is 1. The average Bonchev–Trinajstić information content (AvgIpc) is 3.15. The predicted molar refractivity (Wildman–Crippen MR) is 127 cm³/mol. The first kappa shape index (κ1) is 19.0. The normalized spacial score (nSPS) is 13.7. The summed E-state index contributed by atoms with van der Waals surface area (Å²) in [7, 11) is 0. The highest BCUT2D eigenvalue weighted by molar-refractivity contribution is 6.59. The van der Waals surface area contributed by atoms with Crippen LogP contribution in [0.2, 0.25) is 0 Å². The second kappa shape index (κ2) is 7.46. The van der Waals surface area contributed by atoms with Gasteiger partial charge in [-0.25, -0.2) is 10.4 Å². The number of hydrogen-bond donors (Lipinski definition) is 1. The third kappa shape index (κ3) is 3.08. The molecule has 0 radical (unpaired) electrons. The van der Waals surface area contributed by atoms with Crippen LogP contribution in [-0.4, -0.2) is 27.4 Å². The van der Waals surface area contributed by atoms with Gasteiger partial charge in [0.25, 0.3) is 5.91 Å². The highest BCUT2D eigenvalue weighted by Gasteiger charge is 2.29. The van der Waals surface area contributed by atoms with Crippen LogP contribution in [0.25, 0.3) is 32.9 Å². The van der Waals surface area contributed by atoms with Crippen molar-refractivity contribution in [1.29, 1.82) is 0 Å². The molecule has 1 N–H and O–H groups in total. The van der Waals surface area contributed by atoms with Gasteiger partial charge in [-0.05, 0) is 29.7 Å². The van der Waals surface area contributed by atoms with Gasteiger partial charge in [-0.15, -0.1) is 0 Å². The number of pyridine rings is 2. The van der Waals surface area contributed by atoms with Crippen LogP contribution in [0.4, 0.5) is 0 Å². The summed E-state index contributed by atoms with van der Waals surface area (Å²) in [6.07, 6.45) is 3.36. The van der Waals surface area contributed by atoms with E-state index < -0.39 is 5.91 Å². The van der Waals surface area contributed by atoms with E-state index in [0.717, 1.165) is 21.9 Å². The second-order valence-electron chi connectivity index (χ2n) is 7.75. The summed E-state index contributed by atoms with van der Waals surface area (Å²) in [5.74, 6) is -0.605. The van der Waals surface area contributed by atoms with E-state index >= 15 is 0 Å². The van der Waals surface area contributed by atoms with Crippen molar-refractivity contribution in [3.05, 3.63) is 108 Å². The third-order valence-corrected chi connectivity index (χ3v) is 5.83. The molecule has 0 saturated carbocycles. The molecule has 0 fully saturated rings. The molecule has 0 saturated heterocycles. The largest absolute Gasteiger partial charge is 0.287 e. The van der Waals surface area contributed by atoms with E-state index in [-0.39, 0.29) is 11.5 Å². The minimum Gasteiger partial charge on any atom is -0.287 e. The van der Waals surface area contributed by atoms with Gasteiger partial charge in [-0.2, -0.15) is 5.10 Å². The van der Waals surface area contributed by atoms with E-state index in [1.807, 2.05) is 66.7 Å². The Hall–Kier alpha value is -4.71. The van der Waals surface area contributed by atoms with Gasteiger partial charge >= 0.3 is 0 Å². The van der Waals surface area contributed by atoms with Gasteiger partial charge in [-0.1, -0.05) is 54.6 Å². The topological polar surface area (TPSA) is 84.3 Å². The molecule has 2 heterocycles. The lowest BCUT2D eigenvalue weighted by molar-refractivity contribution is 0.0956. The third-order valence-electron chi connectivity index (χ3n) is 5.83. The highest BCUT2D eigenvalue weighted by Crippen LogP contribution is 2.31. The number of hydrogen-bond acceptors (Lipinski definition) is 5. The summed E-state index contributed by atoms with van der Waals surface area (Å²) in [4.78, 5) is 35.0. The number of benzene rings is 3. The maximum atomic E-state index is 13.3. The fourth-order valence-corrected chi connectivity index (χ4v) is 4.29. The summed E-state index contributed by atoms with van der Waals surface area (Å²) < 4.78 is 0. The first-order valence-electron chi connectivity index (χ1n) is 10.5. The Kier molecular flexibility index (Phi) is 4.30. The zero-order chi connectivity index (χ0) is 22.4. The van der Waals surface area contributed by atoms with Gasteiger partial charge < -0.3 is 0 Å². The molecule has 3 aromatic carbocycles. The molecule has 0 bridgehead atoms. The monoisotopic (exact) mass is 428 g/mol. The van der Waals surface area contributed by atoms with Crippen LogP contribution in [0.1, 0.15) is 26.3 Å². The quantitative estimate of drug-likeness (QED) is 0.419. The van der Waals surface area contributed by atoms with Crippen LogP contribution in [0.3, 0.4) is 0 Å². The first-order chi connectivity index (χ1) is 16.2. The van der Waals surface area contributed by atoms with Crippen LogP contribution >= 0.6 is 0 Å². The van der Waals surface area contributed by atoms with Gasteiger partial charge in [0.1, 0.15) is 5.71 Å². The zero-order valence-electron chi connectivity index (χ0n) is 17.3. The lowest BCUT2D eigenvalue weighted by Gasteiger charge is -2.09. The number of aromatic nitrogens is 2. The summed E-state index contributed by atoms with van der Waals surface area (Å²) in [5.41, 5.74) is 6.80. The van der Waals surface area contributed by atoms with E-state index in [1.54, 1.807) is 24.5 Å². The van der Waals surface area contributed by atoms with Gasteiger partial charge in [0.05, 0.1) is 16.8 Å². The van der Waals surface area contributed by atoms with Crippen molar-refractivity contribution < 1.29 is 9.59 Å². The molecular formula is C27H16N4O2. The van der Waals surface area contributed by atoms with E-state index in [9.17, 15) is 9.59 Å². The molecule has 1 aliphatic carbocycles.